The Morgan fingerprint density at radius 3 is 2.04 bits per heavy atom. The Morgan fingerprint density at radius 1 is 0.680 bits per heavy atom. The largest absolute Gasteiger partial charge is 0.398 e. The second-order valence-electron chi connectivity index (χ2n) is 7.28. The van der Waals surface area contributed by atoms with Crippen molar-refractivity contribution in [2.75, 3.05) is 5.73 Å². The normalized spacial score (nSPS) is 11.4. The minimum Gasteiger partial charge on any atom is -0.398 e. The highest BCUT2D eigenvalue weighted by Crippen LogP contribution is 2.30. The zero-order valence-electron chi connectivity index (χ0n) is 15.6. The molecular weight excluding hydrogens is 302 g/mol. The van der Waals surface area contributed by atoms with Gasteiger partial charge in [-0.2, -0.15) is 0 Å². The molecule has 1 heteroatoms. The molecular formula is C24H31N. The van der Waals surface area contributed by atoms with Crippen molar-refractivity contribution in [2.45, 2.75) is 64.7 Å². The second-order valence-corrected chi connectivity index (χ2v) is 7.28. The number of benzene rings is 3. The Hall–Kier alpha value is -2.02. The summed E-state index contributed by atoms with van der Waals surface area (Å²) in [6, 6.07) is 17.5. The summed E-state index contributed by atoms with van der Waals surface area (Å²) in [5.74, 6) is 0. The fraction of sp³-hybridized carbons (Fsp3) is 0.417. The fourth-order valence-corrected chi connectivity index (χ4v) is 3.75. The first-order valence-electron chi connectivity index (χ1n) is 9.99. The van der Waals surface area contributed by atoms with Gasteiger partial charge in [0.15, 0.2) is 0 Å². The van der Waals surface area contributed by atoms with E-state index in [0.717, 1.165) is 12.1 Å². The maximum absolute atomic E-state index is 6.51. The van der Waals surface area contributed by atoms with E-state index in [9.17, 15) is 0 Å². The van der Waals surface area contributed by atoms with Gasteiger partial charge in [0.1, 0.15) is 0 Å². The molecule has 0 unspecified atom stereocenters. The zero-order valence-corrected chi connectivity index (χ0v) is 15.6. The molecule has 0 fully saturated rings. The van der Waals surface area contributed by atoms with E-state index in [1.54, 1.807) is 0 Å². The summed E-state index contributed by atoms with van der Waals surface area (Å²) in [6.07, 6.45) is 11.9. The van der Waals surface area contributed by atoms with Gasteiger partial charge < -0.3 is 5.73 Å². The van der Waals surface area contributed by atoms with Crippen LogP contribution in [0.25, 0.3) is 21.5 Å². The summed E-state index contributed by atoms with van der Waals surface area (Å²) in [5.41, 5.74) is 8.80. The van der Waals surface area contributed by atoms with Gasteiger partial charge in [0.25, 0.3) is 0 Å². The van der Waals surface area contributed by atoms with Crippen molar-refractivity contribution in [1.29, 1.82) is 0 Å². The molecule has 3 aromatic rings. The number of hydrogen-bond acceptors (Lipinski definition) is 1. The Labute approximate surface area is 152 Å². The Morgan fingerprint density at radius 2 is 1.32 bits per heavy atom. The van der Waals surface area contributed by atoms with Crippen molar-refractivity contribution in [2.24, 2.45) is 0 Å². The van der Waals surface area contributed by atoms with Crippen LogP contribution in [0.2, 0.25) is 0 Å². The number of anilines is 1. The van der Waals surface area contributed by atoms with Crippen molar-refractivity contribution in [3.05, 3.63) is 54.1 Å². The highest BCUT2D eigenvalue weighted by atomic mass is 14.6. The number of nitrogens with two attached hydrogens (primary N) is 1. The summed E-state index contributed by atoms with van der Waals surface area (Å²) in [7, 11) is 0. The van der Waals surface area contributed by atoms with Crippen LogP contribution in [0.5, 0.6) is 0 Å². The number of hydrogen-bond donors (Lipinski definition) is 1. The maximum Gasteiger partial charge on any atom is 0.0426 e. The third kappa shape index (κ3) is 4.54. The Kier molecular flexibility index (Phi) is 6.33. The van der Waals surface area contributed by atoms with E-state index < -0.39 is 0 Å². The van der Waals surface area contributed by atoms with Crippen LogP contribution in [0, 0.1) is 0 Å². The smallest absolute Gasteiger partial charge is 0.0426 e. The van der Waals surface area contributed by atoms with Crippen LogP contribution in [-0.2, 0) is 6.42 Å². The molecule has 0 aromatic heterocycles. The molecule has 3 aromatic carbocycles. The zero-order chi connectivity index (χ0) is 17.5. The fourth-order valence-electron chi connectivity index (χ4n) is 3.75. The van der Waals surface area contributed by atoms with Gasteiger partial charge >= 0.3 is 0 Å². The summed E-state index contributed by atoms with van der Waals surface area (Å²) in [5, 5.41) is 5.00. The van der Waals surface area contributed by atoms with E-state index >= 15 is 0 Å². The number of fused-ring (bicyclic) bond motifs is 2. The third-order valence-corrected chi connectivity index (χ3v) is 5.32. The van der Waals surface area contributed by atoms with Crippen LogP contribution in [0.1, 0.15) is 63.9 Å². The second kappa shape index (κ2) is 8.89. The Bertz CT molecular complexity index is 819. The first-order valence-corrected chi connectivity index (χ1v) is 9.99. The van der Waals surface area contributed by atoms with Gasteiger partial charge in [0.05, 0.1) is 0 Å². The van der Waals surface area contributed by atoms with Crippen LogP contribution in [0.3, 0.4) is 0 Å². The van der Waals surface area contributed by atoms with Crippen LogP contribution in [0.15, 0.2) is 48.5 Å². The van der Waals surface area contributed by atoms with Crippen molar-refractivity contribution in [3.8, 4) is 0 Å². The van der Waals surface area contributed by atoms with Crippen molar-refractivity contribution in [3.63, 3.8) is 0 Å². The van der Waals surface area contributed by atoms with Gasteiger partial charge in [0.2, 0.25) is 0 Å². The molecule has 0 atom stereocenters. The molecule has 25 heavy (non-hydrogen) atoms. The molecule has 132 valence electrons. The lowest BCUT2D eigenvalue weighted by molar-refractivity contribution is 0.576. The monoisotopic (exact) mass is 333 g/mol. The predicted molar refractivity (Wildman–Crippen MR) is 112 cm³/mol. The summed E-state index contributed by atoms with van der Waals surface area (Å²) in [4.78, 5) is 0. The number of rotatable bonds is 9. The van der Waals surface area contributed by atoms with E-state index in [-0.39, 0.29) is 0 Å². The van der Waals surface area contributed by atoms with Gasteiger partial charge in [-0.15, -0.1) is 0 Å². The predicted octanol–water partition coefficient (Wildman–Crippen LogP) is 7.26. The molecule has 3 rings (SSSR count). The third-order valence-electron chi connectivity index (χ3n) is 5.32. The lowest BCUT2D eigenvalue weighted by atomic mass is 9.97. The van der Waals surface area contributed by atoms with Crippen molar-refractivity contribution >= 4 is 27.2 Å². The molecule has 0 aliphatic rings. The quantitative estimate of drug-likeness (QED) is 0.249. The molecule has 0 aliphatic heterocycles. The van der Waals surface area contributed by atoms with Gasteiger partial charge in [-0.05, 0) is 46.7 Å². The molecule has 0 aliphatic carbocycles. The summed E-state index contributed by atoms with van der Waals surface area (Å²) < 4.78 is 0. The number of aryl methyl sites for hydroxylation is 1. The van der Waals surface area contributed by atoms with E-state index in [4.69, 9.17) is 5.73 Å². The summed E-state index contributed by atoms with van der Waals surface area (Å²) in [6.45, 7) is 2.27. The molecule has 0 heterocycles. The average molecular weight is 334 g/mol. The molecule has 0 amide bonds. The average Bonchev–Trinajstić information content (AvgIpc) is 2.64. The van der Waals surface area contributed by atoms with Crippen LogP contribution >= 0.6 is 0 Å². The van der Waals surface area contributed by atoms with Gasteiger partial charge in [-0.1, -0.05) is 88.3 Å². The molecule has 0 bridgehead atoms. The maximum atomic E-state index is 6.51. The van der Waals surface area contributed by atoms with E-state index in [1.807, 2.05) is 0 Å². The topological polar surface area (TPSA) is 26.0 Å². The van der Waals surface area contributed by atoms with Gasteiger partial charge in [-0.3, -0.25) is 0 Å². The highest BCUT2D eigenvalue weighted by Gasteiger charge is 2.06. The van der Waals surface area contributed by atoms with Crippen molar-refractivity contribution in [1.82, 2.24) is 0 Å². The molecule has 0 saturated carbocycles. The summed E-state index contributed by atoms with van der Waals surface area (Å²) >= 11 is 0. The van der Waals surface area contributed by atoms with Crippen LogP contribution in [0.4, 0.5) is 5.69 Å². The van der Waals surface area contributed by atoms with E-state index in [0.29, 0.717) is 0 Å². The first-order chi connectivity index (χ1) is 12.3. The molecule has 2 N–H and O–H groups in total. The minimum atomic E-state index is 0.978. The van der Waals surface area contributed by atoms with Crippen molar-refractivity contribution < 1.29 is 0 Å². The number of nitrogen functional groups attached to an aromatic ring is 1. The molecule has 0 saturated heterocycles. The number of unbranched alkanes of at least 4 members (excludes halogenated alkanes) is 7. The molecule has 0 radical (unpaired) electrons. The standard InChI is InChI=1S/C24H31N/c1-2-3-4-5-6-7-8-9-12-19-15-16-22-17-20-13-10-11-14-21(20)18-23(22)24(19)25/h10-11,13-18H,2-9,12,25H2,1H3. The highest BCUT2D eigenvalue weighted by molar-refractivity contribution is 6.03. The van der Waals surface area contributed by atoms with E-state index in [1.165, 1.54) is 78.5 Å². The SMILES string of the molecule is CCCCCCCCCCc1ccc2cc3ccccc3cc2c1N. The van der Waals surface area contributed by atoms with Crippen LogP contribution < -0.4 is 5.73 Å². The van der Waals surface area contributed by atoms with Crippen LogP contribution in [-0.4, -0.2) is 0 Å². The van der Waals surface area contributed by atoms with Gasteiger partial charge in [-0.25, -0.2) is 0 Å². The van der Waals surface area contributed by atoms with Gasteiger partial charge in [0, 0.05) is 11.1 Å². The van der Waals surface area contributed by atoms with E-state index in [2.05, 4.69) is 55.5 Å². The first kappa shape index (κ1) is 17.8. The Balaban J connectivity index is 1.60. The molecule has 1 nitrogen and oxygen atoms in total. The lowest BCUT2D eigenvalue weighted by Gasteiger charge is -2.11. The lowest BCUT2D eigenvalue weighted by Crippen LogP contribution is -1.96. The minimum absolute atomic E-state index is 0.978. The molecule has 0 spiro atoms.